The van der Waals surface area contributed by atoms with Gasteiger partial charge in [-0.2, -0.15) is 0 Å². The summed E-state index contributed by atoms with van der Waals surface area (Å²) in [5, 5.41) is 8.91. The molecule has 0 saturated carbocycles. The van der Waals surface area contributed by atoms with E-state index >= 15 is 0 Å². The standard InChI is InChI=1S/C15H18N6O3/c16-13-12(14(17)22)19-8-21(13)10-3-5-20(6-4-10)11-2-1-9(7-18-11)15(23)24/h1-2,7-8,10H,3-6,16H2,(H2,17,22)(H,23,24). The van der Waals surface area contributed by atoms with Crippen LogP contribution >= 0.6 is 0 Å². The summed E-state index contributed by atoms with van der Waals surface area (Å²) in [5.74, 6) is -0.584. The molecule has 0 atom stereocenters. The maximum Gasteiger partial charge on any atom is 0.337 e. The van der Waals surface area contributed by atoms with Crippen molar-refractivity contribution in [1.82, 2.24) is 14.5 Å². The Kier molecular flexibility index (Phi) is 4.07. The van der Waals surface area contributed by atoms with Crippen molar-refractivity contribution in [3.63, 3.8) is 0 Å². The number of hydrogen-bond acceptors (Lipinski definition) is 6. The number of nitrogens with two attached hydrogens (primary N) is 2. The average molecular weight is 330 g/mol. The van der Waals surface area contributed by atoms with Crippen LogP contribution in [0.25, 0.3) is 0 Å². The van der Waals surface area contributed by atoms with Gasteiger partial charge in [0.25, 0.3) is 5.91 Å². The summed E-state index contributed by atoms with van der Waals surface area (Å²) in [4.78, 5) is 32.4. The first kappa shape index (κ1) is 15.8. The van der Waals surface area contributed by atoms with Gasteiger partial charge in [0, 0.05) is 25.3 Å². The van der Waals surface area contributed by atoms with E-state index < -0.39 is 11.9 Å². The fraction of sp³-hybridized carbons (Fsp3) is 0.333. The molecule has 9 heteroatoms. The summed E-state index contributed by atoms with van der Waals surface area (Å²) in [7, 11) is 0. The molecule has 0 bridgehead atoms. The number of rotatable bonds is 4. The lowest BCUT2D eigenvalue weighted by atomic mass is 10.0. The number of hydrogen-bond donors (Lipinski definition) is 3. The van der Waals surface area contributed by atoms with Gasteiger partial charge in [0.1, 0.15) is 11.6 Å². The number of carbonyl (C=O) groups excluding carboxylic acids is 1. The maximum atomic E-state index is 11.2. The molecule has 3 heterocycles. The molecule has 24 heavy (non-hydrogen) atoms. The van der Waals surface area contributed by atoms with Gasteiger partial charge in [-0.05, 0) is 25.0 Å². The molecule has 1 amide bonds. The van der Waals surface area contributed by atoms with E-state index in [4.69, 9.17) is 16.6 Å². The number of nitrogen functional groups attached to an aromatic ring is 1. The molecule has 5 N–H and O–H groups in total. The van der Waals surface area contributed by atoms with Crippen LogP contribution < -0.4 is 16.4 Å². The Bertz CT molecular complexity index is 762. The van der Waals surface area contributed by atoms with Crippen molar-refractivity contribution in [2.45, 2.75) is 18.9 Å². The molecule has 2 aromatic rings. The smallest absolute Gasteiger partial charge is 0.337 e. The van der Waals surface area contributed by atoms with Crippen LogP contribution in [0.3, 0.4) is 0 Å². The molecule has 9 nitrogen and oxygen atoms in total. The molecule has 0 spiro atoms. The van der Waals surface area contributed by atoms with E-state index in [1.54, 1.807) is 23.0 Å². The number of carboxylic acids is 1. The fourth-order valence-corrected chi connectivity index (χ4v) is 2.92. The van der Waals surface area contributed by atoms with Crippen molar-refractivity contribution in [3.05, 3.63) is 35.9 Å². The minimum Gasteiger partial charge on any atom is -0.478 e. The van der Waals surface area contributed by atoms with E-state index in [2.05, 4.69) is 14.9 Å². The molecule has 1 aliphatic rings. The van der Waals surface area contributed by atoms with E-state index in [1.807, 2.05) is 0 Å². The highest BCUT2D eigenvalue weighted by Crippen LogP contribution is 2.28. The third-order valence-corrected chi connectivity index (χ3v) is 4.24. The van der Waals surface area contributed by atoms with Crippen molar-refractivity contribution in [1.29, 1.82) is 0 Å². The Morgan fingerprint density at radius 3 is 2.42 bits per heavy atom. The highest BCUT2D eigenvalue weighted by atomic mass is 16.4. The third-order valence-electron chi connectivity index (χ3n) is 4.24. The summed E-state index contributed by atoms with van der Waals surface area (Å²) in [6.45, 7) is 1.49. The molecule has 0 radical (unpaired) electrons. The Hall–Kier alpha value is -3.10. The molecule has 126 valence electrons. The van der Waals surface area contributed by atoms with Gasteiger partial charge in [-0.25, -0.2) is 14.8 Å². The summed E-state index contributed by atoms with van der Waals surface area (Å²) in [6.07, 6.45) is 4.52. The lowest BCUT2D eigenvalue weighted by molar-refractivity contribution is 0.0696. The Morgan fingerprint density at radius 1 is 1.21 bits per heavy atom. The lowest BCUT2D eigenvalue weighted by Crippen LogP contribution is -2.35. The van der Waals surface area contributed by atoms with Gasteiger partial charge in [0.2, 0.25) is 0 Å². The molecule has 1 fully saturated rings. The van der Waals surface area contributed by atoms with Gasteiger partial charge in [-0.3, -0.25) is 4.79 Å². The van der Waals surface area contributed by atoms with Crippen molar-refractivity contribution >= 4 is 23.5 Å². The first-order valence-corrected chi connectivity index (χ1v) is 7.53. The van der Waals surface area contributed by atoms with E-state index in [1.165, 1.54) is 6.20 Å². The van der Waals surface area contributed by atoms with Crippen molar-refractivity contribution in [2.24, 2.45) is 5.73 Å². The van der Waals surface area contributed by atoms with Crippen LogP contribution in [0.1, 0.15) is 39.7 Å². The van der Waals surface area contributed by atoms with Crippen molar-refractivity contribution < 1.29 is 14.7 Å². The average Bonchev–Trinajstić information content (AvgIpc) is 2.97. The number of piperidine rings is 1. The number of carboxylic acid groups (broad SMARTS) is 1. The largest absolute Gasteiger partial charge is 0.478 e. The Morgan fingerprint density at radius 2 is 1.92 bits per heavy atom. The Balaban J connectivity index is 1.67. The van der Waals surface area contributed by atoms with Gasteiger partial charge in [0.15, 0.2) is 5.69 Å². The molecular formula is C15H18N6O3. The van der Waals surface area contributed by atoms with Gasteiger partial charge in [-0.1, -0.05) is 0 Å². The van der Waals surface area contributed by atoms with E-state index in [0.29, 0.717) is 5.82 Å². The van der Waals surface area contributed by atoms with Crippen molar-refractivity contribution in [2.75, 3.05) is 23.7 Å². The van der Waals surface area contributed by atoms with E-state index in [0.717, 1.165) is 31.7 Å². The highest BCUT2D eigenvalue weighted by Gasteiger charge is 2.24. The first-order chi connectivity index (χ1) is 11.5. The van der Waals surface area contributed by atoms with Crippen LogP contribution in [0.2, 0.25) is 0 Å². The quantitative estimate of drug-likeness (QED) is 0.741. The number of anilines is 2. The minimum atomic E-state index is -0.992. The first-order valence-electron chi connectivity index (χ1n) is 7.53. The monoisotopic (exact) mass is 330 g/mol. The number of primary amides is 1. The number of carbonyl (C=O) groups is 2. The summed E-state index contributed by atoms with van der Waals surface area (Å²) in [5.41, 5.74) is 11.4. The zero-order valence-corrected chi connectivity index (χ0v) is 12.9. The van der Waals surface area contributed by atoms with Crippen LogP contribution in [0, 0.1) is 0 Å². The van der Waals surface area contributed by atoms with Gasteiger partial charge < -0.3 is 26.0 Å². The second-order valence-electron chi connectivity index (χ2n) is 5.68. The topological polar surface area (TPSA) is 140 Å². The highest BCUT2D eigenvalue weighted by molar-refractivity contribution is 5.95. The predicted molar refractivity (Wildman–Crippen MR) is 86.8 cm³/mol. The van der Waals surface area contributed by atoms with Crippen LogP contribution in [0.15, 0.2) is 24.7 Å². The zero-order valence-electron chi connectivity index (χ0n) is 12.9. The Labute approximate surface area is 137 Å². The number of nitrogens with zero attached hydrogens (tertiary/aromatic N) is 4. The number of aromatic carboxylic acids is 1. The van der Waals surface area contributed by atoms with Crippen LogP contribution in [-0.4, -0.2) is 44.6 Å². The fourth-order valence-electron chi connectivity index (χ4n) is 2.92. The molecular weight excluding hydrogens is 312 g/mol. The van der Waals surface area contributed by atoms with E-state index in [-0.39, 0.29) is 17.3 Å². The van der Waals surface area contributed by atoms with Crippen molar-refractivity contribution in [3.8, 4) is 0 Å². The second kappa shape index (κ2) is 6.19. The molecule has 1 aliphatic heterocycles. The zero-order chi connectivity index (χ0) is 17.3. The summed E-state index contributed by atoms with van der Waals surface area (Å²) >= 11 is 0. The number of imidazole rings is 1. The SMILES string of the molecule is NC(=O)c1ncn(C2CCN(c3ccc(C(=O)O)cn3)CC2)c1N. The number of aromatic nitrogens is 3. The lowest BCUT2D eigenvalue weighted by Gasteiger charge is -2.33. The van der Waals surface area contributed by atoms with Crippen LogP contribution in [0.5, 0.6) is 0 Å². The van der Waals surface area contributed by atoms with Crippen LogP contribution in [0.4, 0.5) is 11.6 Å². The maximum absolute atomic E-state index is 11.2. The minimum absolute atomic E-state index is 0.100. The molecule has 3 rings (SSSR count). The van der Waals surface area contributed by atoms with Crippen LogP contribution in [-0.2, 0) is 0 Å². The second-order valence-corrected chi connectivity index (χ2v) is 5.68. The third kappa shape index (κ3) is 2.87. The number of pyridine rings is 1. The molecule has 0 aliphatic carbocycles. The predicted octanol–water partition coefficient (Wildman–Crippen LogP) is 0.499. The van der Waals surface area contributed by atoms with Gasteiger partial charge >= 0.3 is 5.97 Å². The number of amides is 1. The molecule has 0 aromatic carbocycles. The molecule has 1 saturated heterocycles. The van der Waals surface area contributed by atoms with Gasteiger partial charge in [0.05, 0.1) is 11.9 Å². The molecule has 2 aromatic heterocycles. The normalized spacial score (nSPS) is 15.4. The summed E-state index contributed by atoms with van der Waals surface area (Å²) < 4.78 is 1.79. The molecule has 0 unspecified atom stereocenters. The van der Waals surface area contributed by atoms with E-state index in [9.17, 15) is 9.59 Å². The van der Waals surface area contributed by atoms with Gasteiger partial charge in [-0.15, -0.1) is 0 Å². The summed E-state index contributed by atoms with van der Waals surface area (Å²) in [6, 6.07) is 3.39.